The van der Waals surface area contributed by atoms with Crippen molar-refractivity contribution < 1.29 is 14.6 Å². The van der Waals surface area contributed by atoms with Crippen LogP contribution in [0.5, 0.6) is 0 Å². The van der Waals surface area contributed by atoms with Gasteiger partial charge >= 0.3 is 5.97 Å². The molecule has 0 spiro atoms. The van der Waals surface area contributed by atoms with Crippen LogP contribution >= 0.6 is 0 Å². The maximum Gasteiger partial charge on any atom is 0.329 e. The average Bonchev–Trinajstić information content (AvgIpc) is 2.15. The zero-order valence-electron chi connectivity index (χ0n) is 8.74. The Hall–Kier alpha value is -0.610. The van der Waals surface area contributed by atoms with E-state index in [2.05, 4.69) is 11.8 Å². The lowest BCUT2D eigenvalue weighted by Gasteiger charge is -2.29. The molecule has 0 aromatic heterocycles. The number of rotatable bonds is 5. The normalized spacial score (nSPS) is 19.8. The number of likely N-dealkylation sites (tertiary alicyclic amines) is 1. The highest BCUT2D eigenvalue weighted by atomic mass is 16.5. The van der Waals surface area contributed by atoms with Gasteiger partial charge < -0.3 is 14.7 Å². The van der Waals surface area contributed by atoms with Crippen molar-refractivity contribution in [1.29, 1.82) is 0 Å². The Labute approximate surface area is 84.8 Å². The number of carboxylic acid groups (broad SMARTS) is 1. The summed E-state index contributed by atoms with van der Waals surface area (Å²) in [5, 5.41) is 8.35. The lowest BCUT2D eigenvalue weighted by atomic mass is 9.99. The largest absolute Gasteiger partial charge is 0.480 e. The number of hydrogen-bond donors (Lipinski definition) is 1. The van der Waals surface area contributed by atoms with Gasteiger partial charge in [-0.15, -0.1) is 0 Å². The van der Waals surface area contributed by atoms with E-state index < -0.39 is 5.97 Å². The first-order chi connectivity index (χ1) is 6.68. The summed E-state index contributed by atoms with van der Waals surface area (Å²) in [5.74, 6) is -0.0524. The van der Waals surface area contributed by atoms with E-state index >= 15 is 0 Å². The fraction of sp³-hybridized carbons (Fsp3) is 0.900. The molecule has 0 unspecified atom stereocenters. The van der Waals surface area contributed by atoms with Gasteiger partial charge in [-0.05, 0) is 31.8 Å². The van der Waals surface area contributed by atoms with Crippen LogP contribution in [0, 0.1) is 5.92 Å². The first-order valence-corrected chi connectivity index (χ1v) is 5.20. The lowest BCUT2D eigenvalue weighted by Crippen LogP contribution is -2.35. The number of aliphatic carboxylic acids is 1. The van der Waals surface area contributed by atoms with Gasteiger partial charge in [-0.25, -0.2) is 4.79 Å². The van der Waals surface area contributed by atoms with E-state index in [0.29, 0.717) is 6.61 Å². The van der Waals surface area contributed by atoms with Crippen molar-refractivity contribution in [3.05, 3.63) is 0 Å². The summed E-state index contributed by atoms with van der Waals surface area (Å²) in [6, 6.07) is 0. The van der Waals surface area contributed by atoms with Crippen molar-refractivity contribution >= 4 is 5.97 Å². The van der Waals surface area contributed by atoms with Gasteiger partial charge in [0.05, 0.1) is 6.61 Å². The van der Waals surface area contributed by atoms with E-state index in [1.165, 1.54) is 12.8 Å². The third kappa shape index (κ3) is 4.58. The molecule has 0 atom stereocenters. The second kappa shape index (κ2) is 5.98. The minimum Gasteiger partial charge on any atom is -0.480 e. The monoisotopic (exact) mass is 201 g/mol. The Balaban J connectivity index is 1.99. The molecule has 1 heterocycles. The number of nitrogens with zero attached hydrogens (tertiary/aromatic N) is 1. The predicted octanol–water partition coefficient (Wildman–Crippen LogP) is 0.820. The molecular weight excluding hydrogens is 182 g/mol. The highest BCUT2D eigenvalue weighted by Crippen LogP contribution is 2.15. The molecule has 4 nitrogen and oxygen atoms in total. The summed E-state index contributed by atoms with van der Waals surface area (Å²) in [4.78, 5) is 12.5. The third-order valence-corrected chi connectivity index (χ3v) is 2.65. The molecule has 0 aromatic rings. The molecule has 14 heavy (non-hydrogen) atoms. The Morgan fingerprint density at radius 2 is 2.14 bits per heavy atom. The summed E-state index contributed by atoms with van der Waals surface area (Å²) < 4.78 is 4.98. The summed E-state index contributed by atoms with van der Waals surface area (Å²) in [5.41, 5.74) is 0. The van der Waals surface area contributed by atoms with Gasteiger partial charge in [-0.3, -0.25) is 0 Å². The zero-order valence-corrected chi connectivity index (χ0v) is 8.74. The Morgan fingerprint density at radius 1 is 1.50 bits per heavy atom. The topological polar surface area (TPSA) is 49.8 Å². The van der Waals surface area contributed by atoms with Crippen molar-refractivity contribution in [1.82, 2.24) is 4.90 Å². The number of carboxylic acids is 1. The molecule has 82 valence electrons. The standard InChI is InChI=1S/C10H19NO3/c1-9-2-4-11(5-3-9)6-7-14-8-10(12)13/h9H,2-8H2,1H3,(H,12,13). The average molecular weight is 201 g/mol. The molecule has 1 fully saturated rings. The summed E-state index contributed by atoms with van der Waals surface area (Å²) >= 11 is 0. The van der Waals surface area contributed by atoms with Crippen LogP contribution in [0.3, 0.4) is 0 Å². The van der Waals surface area contributed by atoms with Crippen LogP contribution in [-0.4, -0.2) is 48.8 Å². The van der Waals surface area contributed by atoms with Crippen molar-refractivity contribution in [2.45, 2.75) is 19.8 Å². The molecule has 0 aliphatic carbocycles. The van der Waals surface area contributed by atoms with Crippen LogP contribution in [0.15, 0.2) is 0 Å². The number of piperidine rings is 1. The third-order valence-electron chi connectivity index (χ3n) is 2.65. The first-order valence-electron chi connectivity index (χ1n) is 5.20. The lowest BCUT2D eigenvalue weighted by molar-refractivity contribution is -0.142. The summed E-state index contributed by atoms with van der Waals surface area (Å²) in [7, 11) is 0. The van der Waals surface area contributed by atoms with Crippen molar-refractivity contribution in [3.63, 3.8) is 0 Å². The van der Waals surface area contributed by atoms with E-state index in [4.69, 9.17) is 9.84 Å². The van der Waals surface area contributed by atoms with E-state index in [9.17, 15) is 4.79 Å². The molecule has 1 aliphatic rings. The Kier molecular flexibility index (Phi) is 4.90. The van der Waals surface area contributed by atoms with Gasteiger partial charge in [0.1, 0.15) is 6.61 Å². The highest BCUT2D eigenvalue weighted by Gasteiger charge is 2.14. The molecule has 1 aliphatic heterocycles. The quantitative estimate of drug-likeness (QED) is 0.669. The van der Waals surface area contributed by atoms with Crippen molar-refractivity contribution in [2.75, 3.05) is 32.8 Å². The number of carbonyl (C=O) groups is 1. The highest BCUT2D eigenvalue weighted by molar-refractivity contribution is 5.67. The summed E-state index contributed by atoms with van der Waals surface area (Å²) in [6.45, 7) is 5.73. The molecule has 1 rings (SSSR count). The van der Waals surface area contributed by atoms with E-state index in [1.54, 1.807) is 0 Å². The number of hydrogen-bond acceptors (Lipinski definition) is 3. The molecule has 0 aromatic carbocycles. The van der Waals surface area contributed by atoms with Gasteiger partial charge in [0, 0.05) is 6.54 Å². The maximum absolute atomic E-state index is 10.2. The van der Waals surface area contributed by atoms with Crippen molar-refractivity contribution in [2.24, 2.45) is 5.92 Å². The number of ether oxygens (including phenoxy) is 1. The minimum absolute atomic E-state index is 0.176. The van der Waals surface area contributed by atoms with E-state index in [0.717, 1.165) is 25.6 Å². The van der Waals surface area contributed by atoms with Crippen LogP contribution < -0.4 is 0 Å². The molecule has 1 N–H and O–H groups in total. The first kappa shape index (κ1) is 11.5. The van der Waals surface area contributed by atoms with Crippen LogP contribution in [0.4, 0.5) is 0 Å². The molecule has 0 saturated carbocycles. The molecule has 1 saturated heterocycles. The van der Waals surface area contributed by atoms with Gasteiger partial charge in [0.15, 0.2) is 0 Å². The van der Waals surface area contributed by atoms with Crippen molar-refractivity contribution in [3.8, 4) is 0 Å². The fourth-order valence-electron chi connectivity index (χ4n) is 1.64. The predicted molar refractivity (Wildman–Crippen MR) is 53.3 cm³/mol. The molecule has 0 bridgehead atoms. The molecule has 0 radical (unpaired) electrons. The zero-order chi connectivity index (χ0) is 10.4. The Bertz CT molecular complexity index is 176. The second-order valence-electron chi connectivity index (χ2n) is 3.97. The van der Waals surface area contributed by atoms with E-state index in [-0.39, 0.29) is 6.61 Å². The van der Waals surface area contributed by atoms with Crippen LogP contribution in [-0.2, 0) is 9.53 Å². The summed E-state index contributed by atoms with van der Waals surface area (Å²) in [6.07, 6.45) is 2.50. The van der Waals surface area contributed by atoms with Gasteiger partial charge in [0.25, 0.3) is 0 Å². The Morgan fingerprint density at radius 3 is 2.71 bits per heavy atom. The smallest absolute Gasteiger partial charge is 0.329 e. The maximum atomic E-state index is 10.2. The molecule has 0 amide bonds. The second-order valence-corrected chi connectivity index (χ2v) is 3.97. The SMILES string of the molecule is CC1CCN(CCOCC(=O)O)CC1. The molecular formula is C10H19NO3. The minimum atomic E-state index is -0.891. The molecule has 4 heteroatoms. The van der Waals surface area contributed by atoms with Gasteiger partial charge in [-0.2, -0.15) is 0 Å². The van der Waals surface area contributed by atoms with Crippen LogP contribution in [0.25, 0.3) is 0 Å². The van der Waals surface area contributed by atoms with E-state index in [1.807, 2.05) is 0 Å². The van der Waals surface area contributed by atoms with Crippen LogP contribution in [0.2, 0.25) is 0 Å². The van der Waals surface area contributed by atoms with Gasteiger partial charge in [-0.1, -0.05) is 6.92 Å². The van der Waals surface area contributed by atoms with Crippen LogP contribution in [0.1, 0.15) is 19.8 Å². The van der Waals surface area contributed by atoms with Gasteiger partial charge in [0.2, 0.25) is 0 Å². The fourth-order valence-corrected chi connectivity index (χ4v) is 1.64.